The van der Waals surface area contributed by atoms with Crippen LogP contribution in [0, 0.1) is 28.6 Å². The van der Waals surface area contributed by atoms with Crippen molar-refractivity contribution in [3.63, 3.8) is 0 Å². The average molecular weight is 383 g/mol. The molecule has 5 heteroatoms. The smallest absolute Gasteiger partial charge is 0.221 e. The Hall–Kier alpha value is -0.210. The van der Waals surface area contributed by atoms with Crippen molar-refractivity contribution in [1.82, 2.24) is 5.32 Å². The summed E-state index contributed by atoms with van der Waals surface area (Å²) in [6.07, 6.45) is 8.97. The second-order valence-electron chi connectivity index (χ2n) is 8.33. The molecular weight excluding hydrogens is 360 g/mol. The minimum Gasteiger partial charge on any atom is -0.337 e. The van der Waals surface area contributed by atoms with Crippen molar-refractivity contribution in [2.75, 3.05) is 11.5 Å². The van der Waals surface area contributed by atoms with Crippen molar-refractivity contribution >= 4 is 33.6 Å². The van der Waals surface area contributed by atoms with E-state index >= 15 is 0 Å². The molecule has 0 aromatic heterocycles. The third kappa shape index (κ3) is 2.60. The van der Waals surface area contributed by atoms with Crippen molar-refractivity contribution < 1.29 is 4.79 Å². The fourth-order valence-corrected chi connectivity index (χ4v) is 8.75. The largest absolute Gasteiger partial charge is 0.337 e. The average Bonchev–Trinajstić information content (AvgIpc) is 2.83. The van der Waals surface area contributed by atoms with E-state index in [1.165, 1.54) is 32.1 Å². The van der Waals surface area contributed by atoms with Gasteiger partial charge in [0.15, 0.2) is 0 Å². The fraction of sp³-hybridized carbons (Fsp3) is 0.882. The van der Waals surface area contributed by atoms with Crippen molar-refractivity contribution in [2.24, 2.45) is 17.3 Å². The molecule has 3 atom stereocenters. The summed E-state index contributed by atoms with van der Waals surface area (Å²) in [5.41, 5.74) is -0.407. The van der Waals surface area contributed by atoms with E-state index in [1.807, 2.05) is 0 Å². The van der Waals surface area contributed by atoms with Gasteiger partial charge in [0.1, 0.15) is 5.54 Å². The minimum atomic E-state index is -0.601. The molecule has 1 heterocycles. The van der Waals surface area contributed by atoms with Gasteiger partial charge in [0.2, 0.25) is 5.91 Å². The van der Waals surface area contributed by atoms with Gasteiger partial charge in [-0.05, 0) is 67.9 Å². The number of hydrogen-bond donors (Lipinski definition) is 1. The van der Waals surface area contributed by atoms with Crippen LogP contribution in [-0.2, 0) is 4.79 Å². The van der Waals surface area contributed by atoms with Crippen LogP contribution in [0.15, 0.2) is 0 Å². The zero-order valence-electron chi connectivity index (χ0n) is 12.9. The molecule has 3 nitrogen and oxygen atoms in total. The molecule has 22 heavy (non-hydrogen) atoms. The quantitative estimate of drug-likeness (QED) is 0.758. The van der Waals surface area contributed by atoms with Gasteiger partial charge in [-0.1, -0.05) is 15.9 Å². The number of carbonyl (C=O) groups excluding carboxylic acids is 1. The van der Waals surface area contributed by atoms with E-state index < -0.39 is 5.54 Å². The van der Waals surface area contributed by atoms with Crippen LogP contribution in [0.25, 0.3) is 0 Å². The number of rotatable bonds is 3. The molecule has 0 spiro atoms. The molecule has 3 unspecified atom stereocenters. The van der Waals surface area contributed by atoms with Crippen molar-refractivity contribution in [2.45, 2.75) is 61.2 Å². The maximum absolute atomic E-state index is 12.7. The topological polar surface area (TPSA) is 52.9 Å². The molecular formula is C17H23BrN2OS. The number of carbonyl (C=O) groups is 1. The predicted molar refractivity (Wildman–Crippen MR) is 91.8 cm³/mol. The maximum atomic E-state index is 12.7. The highest BCUT2D eigenvalue weighted by Crippen LogP contribution is 2.65. The highest BCUT2D eigenvalue weighted by atomic mass is 79.9. The minimum absolute atomic E-state index is 0.113. The summed E-state index contributed by atoms with van der Waals surface area (Å²) in [6, 6.07) is 2.36. The lowest BCUT2D eigenvalue weighted by molar-refractivity contribution is -0.129. The van der Waals surface area contributed by atoms with Crippen LogP contribution >= 0.6 is 27.7 Å². The van der Waals surface area contributed by atoms with Crippen LogP contribution in [0.4, 0.5) is 0 Å². The molecule has 0 aromatic rings. The van der Waals surface area contributed by atoms with Gasteiger partial charge < -0.3 is 5.32 Å². The van der Waals surface area contributed by atoms with Crippen molar-refractivity contribution in [1.29, 1.82) is 5.26 Å². The molecule has 0 radical (unpaired) electrons. The second-order valence-corrected chi connectivity index (χ2v) is 11.1. The molecule has 1 amide bonds. The van der Waals surface area contributed by atoms with Gasteiger partial charge in [-0.2, -0.15) is 17.0 Å². The van der Waals surface area contributed by atoms with Gasteiger partial charge in [0.25, 0.3) is 0 Å². The molecule has 1 saturated heterocycles. The van der Waals surface area contributed by atoms with Crippen molar-refractivity contribution in [3.05, 3.63) is 0 Å². The Morgan fingerprint density at radius 1 is 1.32 bits per heavy atom. The first-order valence-electron chi connectivity index (χ1n) is 8.43. The molecule has 5 fully saturated rings. The lowest BCUT2D eigenvalue weighted by atomic mass is 9.48. The molecule has 4 saturated carbocycles. The van der Waals surface area contributed by atoms with Gasteiger partial charge in [-0.3, -0.25) is 4.79 Å². The lowest BCUT2D eigenvalue weighted by Gasteiger charge is -2.60. The third-order valence-corrected chi connectivity index (χ3v) is 8.38. The molecule has 1 aliphatic heterocycles. The summed E-state index contributed by atoms with van der Waals surface area (Å²) in [7, 11) is 0. The van der Waals surface area contributed by atoms with Gasteiger partial charge in [0, 0.05) is 16.5 Å². The first-order valence-corrected chi connectivity index (χ1v) is 10.4. The zero-order valence-corrected chi connectivity index (χ0v) is 15.3. The summed E-state index contributed by atoms with van der Waals surface area (Å²) in [4.78, 5) is 12.7. The Kier molecular flexibility index (Phi) is 3.58. The fourth-order valence-electron chi connectivity index (χ4n) is 5.97. The van der Waals surface area contributed by atoms with Gasteiger partial charge in [-0.25, -0.2) is 0 Å². The number of halogens is 1. The number of nitriles is 1. The maximum Gasteiger partial charge on any atom is 0.221 e. The van der Waals surface area contributed by atoms with Gasteiger partial charge >= 0.3 is 0 Å². The van der Waals surface area contributed by atoms with Crippen LogP contribution in [-0.4, -0.2) is 27.3 Å². The van der Waals surface area contributed by atoms with Crippen LogP contribution in [0.3, 0.4) is 0 Å². The Labute approximate surface area is 145 Å². The SMILES string of the molecule is N#CC1(NC(=O)CC23CC4CC(CC(Br)(C4)C2)C3)CCSC1. The van der Waals surface area contributed by atoms with E-state index in [0.29, 0.717) is 10.7 Å². The van der Waals surface area contributed by atoms with E-state index in [2.05, 4.69) is 27.3 Å². The Bertz CT molecular complexity index is 523. The third-order valence-electron chi connectivity index (χ3n) is 6.26. The summed E-state index contributed by atoms with van der Waals surface area (Å²) in [6.45, 7) is 0. The number of alkyl halides is 1. The van der Waals surface area contributed by atoms with Crippen LogP contribution in [0.1, 0.15) is 51.4 Å². The number of amides is 1. The van der Waals surface area contributed by atoms with Gasteiger partial charge in [-0.15, -0.1) is 0 Å². The van der Waals surface area contributed by atoms with Crippen molar-refractivity contribution in [3.8, 4) is 6.07 Å². The molecule has 4 aliphatic carbocycles. The Morgan fingerprint density at radius 3 is 2.59 bits per heavy atom. The van der Waals surface area contributed by atoms with E-state index in [4.69, 9.17) is 0 Å². The van der Waals surface area contributed by atoms with E-state index in [0.717, 1.165) is 36.2 Å². The van der Waals surface area contributed by atoms with E-state index in [-0.39, 0.29) is 11.3 Å². The monoisotopic (exact) mass is 382 g/mol. The number of thioether (sulfide) groups is 1. The molecule has 0 aromatic carbocycles. The summed E-state index contributed by atoms with van der Waals surface area (Å²) in [5.74, 6) is 3.45. The molecule has 1 N–H and O–H groups in total. The summed E-state index contributed by atoms with van der Waals surface area (Å²) >= 11 is 5.78. The van der Waals surface area contributed by atoms with Crippen LogP contribution < -0.4 is 5.32 Å². The summed E-state index contributed by atoms with van der Waals surface area (Å²) in [5, 5.41) is 12.5. The first-order chi connectivity index (χ1) is 10.4. The van der Waals surface area contributed by atoms with E-state index in [1.54, 1.807) is 11.8 Å². The zero-order chi connectivity index (χ0) is 15.4. The highest BCUT2D eigenvalue weighted by molar-refractivity contribution is 9.10. The van der Waals surface area contributed by atoms with E-state index in [9.17, 15) is 10.1 Å². The van der Waals surface area contributed by atoms with Gasteiger partial charge in [0.05, 0.1) is 6.07 Å². The highest BCUT2D eigenvalue weighted by Gasteiger charge is 2.57. The number of hydrogen-bond acceptors (Lipinski definition) is 3. The molecule has 5 aliphatic rings. The Balaban J connectivity index is 1.47. The number of nitrogens with one attached hydrogen (secondary N) is 1. The predicted octanol–water partition coefficient (Wildman–Crippen LogP) is 3.63. The molecule has 5 rings (SSSR count). The second kappa shape index (κ2) is 5.14. The Morgan fingerprint density at radius 2 is 2.05 bits per heavy atom. The normalized spacial score (nSPS) is 49.1. The first kappa shape index (κ1) is 15.3. The number of nitrogens with zero attached hydrogens (tertiary/aromatic N) is 1. The molecule has 4 bridgehead atoms. The standard InChI is InChI=1S/C17H23BrN2OS/c18-16-6-12-3-13(7-16)5-15(4-12,9-16)8-14(21)20-17(10-19)1-2-22-11-17/h12-13H,1-9,11H2,(H,20,21). The van der Waals surface area contributed by atoms with Crippen LogP contribution in [0.5, 0.6) is 0 Å². The summed E-state index contributed by atoms with van der Waals surface area (Å²) < 4.78 is 0.299. The van der Waals surface area contributed by atoms with Crippen LogP contribution in [0.2, 0.25) is 0 Å². The lowest BCUT2D eigenvalue weighted by Crippen LogP contribution is -2.55. The molecule has 120 valence electrons.